The molecule has 0 aromatic carbocycles. The van der Waals surface area contributed by atoms with Crippen molar-refractivity contribution in [2.75, 3.05) is 13.7 Å². The average molecular weight is 291 g/mol. The number of aliphatic hydroxyl groups is 3. The normalized spacial score (nSPS) is 34.2. The Kier molecular flexibility index (Phi) is 6.84. The lowest BCUT2D eigenvalue weighted by Crippen LogP contribution is -2.60. The van der Waals surface area contributed by atoms with Gasteiger partial charge in [-0.2, -0.15) is 0 Å². The summed E-state index contributed by atoms with van der Waals surface area (Å²) in [5.41, 5.74) is 0. The summed E-state index contributed by atoms with van der Waals surface area (Å²) in [6, 6.07) is 0. The van der Waals surface area contributed by atoms with Crippen LogP contribution < -0.4 is 5.32 Å². The molecule has 7 nitrogen and oxygen atoms in total. The van der Waals surface area contributed by atoms with E-state index in [0.29, 0.717) is 0 Å². The first-order valence-corrected chi connectivity index (χ1v) is 6.96. The second-order valence-electron chi connectivity index (χ2n) is 5.01. The molecule has 1 fully saturated rings. The van der Waals surface area contributed by atoms with Crippen LogP contribution in [0, 0.1) is 5.92 Å². The van der Waals surface area contributed by atoms with Gasteiger partial charge < -0.3 is 30.1 Å². The fourth-order valence-corrected chi connectivity index (χ4v) is 2.29. The van der Waals surface area contributed by atoms with Crippen LogP contribution in [-0.4, -0.2) is 65.6 Å². The zero-order valence-corrected chi connectivity index (χ0v) is 12.2. The van der Waals surface area contributed by atoms with Crippen LogP contribution in [0.4, 0.5) is 0 Å². The first-order valence-electron chi connectivity index (χ1n) is 6.96. The Morgan fingerprint density at radius 3 is 2.30 bits per heavy atom. The van der Waals surface area contributed by atoms with Gasteiger partial charge in [-0.25, -0.2) is 0 Å². The van der Waals surface area contributed by atoms with Crippen molar-refractivity contribution in [3.8, 4) is 0 Å². The van der Waals surface area contributed by atoms with E-state index in [1.165, 1.54) is 7.11 Å². The molecule has 1 aliphatic heterocycles. The van der Waals surface area contributed by atoms with E-state index in [2.05, 4.69) is 5.32 Å². The van der Waals surface area contributed by atoms with Crippen LogP contribution in [0.5, 0.6) is 0 Å². The molecule has 0 aromatic heterocycles. The minimum Gasteiger partial charge on any atom is -0.388 e. The van der Waals surface area contributed by atoms with E-state index in [9.17, 15) is 20.1 Å². The fraction of sp³-hybridized carbons (Fsp3) is 0.923. The fourth-order valence-electron chi connectivity index (χ4n) is 2.29. The summed E-state index contributed by atoms with van der Waals surface area (Å²) in [6.07, 6.45) is -4.35. The van der Waals surface area contributed by atoms with Crippen molar-refractivity contribution >= 4 is 5.91 Å². The van der Waals surface area contributed by atoms with Crippen molar-refractivity contribution in [3.05, 3.63) is 0 Å². The van der Waals surface area contributed by atoms with Crippen LogP contribution in [0.3, 0.4) is 0 Å². The molecule has 0 unspecified atom stereocenters. The highest BCUT2D eigenvalue weighted by Gasteiger charge is 2.43. The van der Waals surface area contributed by atoms with E-state index >= 15 is 0 Å². The van der Waals surface area contributed by atoms with Crippen molar-refractivity contribution in [3.63, 3.8) is 0 Å². The number of hydrogen-bond donors (Lipinski definition) is 4. The quantitative estimate of drug-likeness (QED) is 0.499. The Hall–Kier alpha value is -0.730. The number of nitrogens with one attached hydrogen (secondary N) is 1. The van der Waals surface area contributed by atoms with Gasteiger partial charge in [0, 0.05) is 19.6 Å². The highest BCUT2D eigenvalue weighted by molar-refractivity contribution is 5.78. The van der Waals surface area contributed by atoms with Gasteiger partial charge in [-0.05, 0) is 12.8 Å². The summed E-state index contributed by atoms with van der Waals surface area (Å²) < 4.78 is 10.2. The van der Waals surface area contributed by atoms with Crippen molar-refractivity contribution in [2.45, 2.75) is 57.4 Å². The van der Waals surface area contributed by atoms with E-state index < -0.39 is 30.7 Å². The molecule has 1 aliphatic rings. The minimum atomic E-state index is -1.37. The molecule has 0 bridgehead atoms. The van der Waals surface area contributed by atoms with Crippen molar-refractivity contribution < 1.29 is 29.6 Å². The molecule has 1 rings (SSSR count). The number of amides is 1. The van der Waals surface area contributed by atoms with Gasteiger partial charge in [0.05, 0.1) is 0 Å². The first-order chi connectivity index (χ1) is 9.46. The monoisotopic (exact) mass is 291 g/mol. The number of carbonyl (C=O) groups is 1. The maximum Gasteiger partial charge on any atom is 0.223 e. The lowest BCUT2D eigenvalue weighted by atomic mass is 9.98. The number of carbonyl (C=O) groups excluding carboxylic acids is 1. The van der Waals surface area contributed by atoms with Crippen molar-refractivity contribution in [1.29, 1.82) is 0 Å². The Morgan fingerprint density at radius 2 is 1.80 bits per heavy atom. The second-order valence-corrected chi connectivity index (χ2v) is 5.01. The third-order valence-corrected chi connectivity index (χ3v) is 3.73. The average Bonchev–Trinajstić information content (AvgIpc) is 2.45. The van der Waals surface area contributed by atoms with Crippen LogP contribution in [0.15, 0.2) is 0 Å². The number of rotatable bonds is 6. The zero-order chi connectivity index (χ0) is 15.3. The van der Waals surface area contributed by atoms with Gasteiger partial charge in [-0.3, -0.25) is 4.79 Å². The number of methoxy groups -OCH3 is 1. The molecule has 5 atom stereocenters. The molecule has 0 saturated carbocycles. The second kappa shape index (κ2) is 7.90. The standard InChI is InChI=1S/C13H25NO6/c1-4-7(5-2)12(18)14-6-8-9(15)10(16)11(17)13(19-3)20-8/h7-11,13,15-17H,4-6H2,1-3H3,(H,14,18)/t8-,9-,10+,11+,13+/m1/s1. The molecular weight excluding hydrogens is 266 g/mol. The molecular formula is C13H25NO6. The smallest absolute Gasteiger partial charge is 0.223 e. The van der Waals surface area contributed by atoms with Crippen LogP contribution in [0.1, 0.15) is 26.7 Å². The molecule has 4 N–H and O–H groups in total. The van der Waals surface area contributed by atoms with E-state index in [4.69, 9.17) is 9.47 Å². The Bertz CT molecular complexity index is 307. The summed E-state index contributed by atoms with van der Waals surface area (Å²) in [4.78, 5) is 11.9. The predicted octanol–water partition coefficient (Wildman–Crippen LogP) is -1.01. The number of aliphatic hydroxyl groups excluding tert-OH is 3. The molecule has 0 spiro atoms. The number of hydrogen-bond acceptors (Lipinski definition) is 6. The van der Waals surface area contributed by atoms with Gasteiger partial charge in [0.1, 0.15) is 24.4 Å². The van der Waals surface area contributed by atoms with Crippen LogP contribution in [0.25, 0.3) is 0 Å². The summed E-state index contributed by atoms with van der Waals surface area (Å²) in [7, 11) is 1.33. The van der Waals surface area contributed by atoms with Crippen LogP contribution in [0.2, 0.25) is 0 Å². The molecule has 1 saturated heterocycles. The van der Waals surface area contributed by atoms with Crippen LogP contribution >= 0.6 is 0 Å². The Morgan fingerprint density at radius 1 is 1.20 bits per heavy atom. The van der Waals surface area contributed by atoms with E-state index in [0.717, 1.165) is 12.8 Å². The van der Waals surface area contributed by atoms with Crippen LogP contribution in [-0.2, 0) is 14.3 Å². The van der Waals surface area contributed by atoms with Gasteiger partial charge in [-0.1, -0.05) is 13.8 Å². The molecule has 20 heavy (non-hydrogen) atoms. The Balaban J connectivity index is 2.56. The van der Waals surface area contributed by atoms with Gasteiger partial charge in [0.2, 0.25) is 5.91 Å². The predicted molar refractivity (Wildman–Crippen MR) is 70.8 cm³/mol. The Labute approximate surface area is 118 Å². The lowest BCUT2D eigenvalue weighted by Gasteiger charge is -2.39. The third-order valence-electron chi connectivity index (χ3n) is 3.73. The zero-order valence-electron chi connectivity index (χ0n) is 12.2. The van der Waals surface area contributed by atoms with E-state index in [1.807, 2.05) is 13.8 Å². The highest BCUT2D eigenvalue weighted by atomic mass is 16.7. The maximum absolute atomic E-state index is 11.9. The maximum atomic E-state index is 11.9. The molecule has 1 heterocycles. The van der Waals surface area contributed by atoms with Gasteiger partial charge >= 0.3 is 0 Å². The summed E-state index contributed by atoms with van der Waals surface area (Å²) >= 11 is 0. The first kappa shape index (κ1) is 17.3. The van der Waals surface area contributed by atoms with Gasteiger partial charge in [-0.15, -0.1) is 0 Å². The lowest BCUT2D eigenvalue weighted by molar-refractivity contribution is -0.288. The summed E-state index contributed by atoms with van der Waals surface area (Å²) in [5.74, 6) is -0.190. The minimum absolute atomic E-state index is 0.0557. The largest absolute Gasteiger partial charge is 0.388 e. The molecule has 0 radical (unpaired) electrons. The van der Waals surface area contributed by atoms with E-state index in [-0.39, 0.29) is 18.4 Å². The third kappa shape index (κ3) is 3.89. The van der Waals surface area contributed by atoms with Gasteiger partial charge in [0.15, 0.2) is 6.29 Å². The summed E-state index contributed by atoms with van der Waals surface area (Å²) in [6.45, 7) is 3.92. The van der Waals surface area contributed by atoms with E-state index in [1.54, 1.807) is 0 Å². The molecule has 118 valence electrons. The van der Waals surface area contributed by atoms with Gasteiger partial charge in [0.25, 0.3) is 0 Å². The molecule has 7 heteroatoms. The molecule has 1 amide bonds. The summed E-state index contributed by atoms with van der Waals surface area (Å²) in [5, 5.41) is 31.9. The molecule has 0 aliphatic carbocycles. The highest BCUT2D eigenvalue weighted by Crippen LogP contribution is 2.21. The van der Waals surface area contributed by atoms with Crippen molar-refractivity contribution in [2.24, 2.45) is 5.92 Å². The topological polar surface area (TPSA) is 108 Å². The SMILES string of the molecule is CCC(CC)C(=O)NC[C@H]1O[C@H](OC)[C@@H](O)[C@@H](O)[C@@H]1O. The number of ether oxygens (including phenoxy) is 2. The molecule has 0 aromatic rings. The van der Waals surface area contributed by atoms with Crippen molar-refractivity contribution in [1.82, 2.24) is 5.32 Å².